The summed E-state index contributed by atoms with van der Waals surface area (Å²) in [6, 6.07) is 8.13. The van der Waals surface area contributed by atoms with Gasteiger partial charge in [0.2, 0.25) is 10.0 Å². The molecule has 9 heteroatoms. The zero-order chi connectivity index (χ0) is 20.6. The van der Waals surface area contributed by atoms with Gasteiger partial charge in [-0.2, -0.15) is 0 Å². The number of piperazine rings is 1. The van der Waals surface area contributed by atoms with E-state index in [9.17, 15) is 8.42 Å². The van der Waals surface area contributed by atoms with Crippen LogP contribution in [0.3, 0.4) is 0 Å². The molecule has 1 aromatic carbocycles. The van der Waals surface area contributed by atoms with Crippen LogP contribution < -0.4 is 15.0 Å². The number of rotatable bonds is 8. The van der Waals surface area contributed by atoms with Crippen LogP contribution in [-0.4, -0.2) is 89.8 Å². The molecule has 0 atom stereocenters. The van der Waals surface area contributed by atoms with E-state index in [0.29, 0.717) is 13.1 Å². The second kappa shape index (κ2) is 10.5. The first kappa shape index (κ1) is 22.3. The van der Waals surface area contributed by atoms with Crippen LogP contribution in [0.1, 0.15) is 13.3 Å². The Bertz CT molecular complexity index is 746. The monoisotopic (exact) mass is 411 g/mol. The highest BCUT2D eigenvalue weighted by Gasteiger charge is 2.20. The van der Waals surface area contributed by atoms with Crippen LogP contribution in [0.5, 0.6) is 5.75 Å². The van der Waals surface area contributed by atoms with Crippen molar-refractivity contribution in [2.45, 2.75) is 13.3 Å². The molecule has 28 heavy (non-hydrogen) atoms. The molecule has 0 aliphatic carbocycles. The fourth-order valence-corrected chi connectivity index (χ4v) is 4.03. The number of sulfonamides is 1. The van der Waals surface area contributed by atoms with Gasteiger partial charge >= 0.3 is 0 Å². The molecule has 1 heterocycles. The lowest BCUT2D eigenvalue weighted by atomic mass is 10.2. The Balaban J connectivity index is 1.78. The molecule has 1 aromatic rings. The summed E-state index contributed by atoms with van der Waals surface area (Å²) in [5.74, 6) is 1.87. The molecule has 8 nitrogen and oxygen atoms in total. The zero-order valence-corrected chi connectivity index (χ0v) is 18.2. The highest BCUT2D eigenvalue weighted by atomic mass is 32.2. The third-order valence-electron chi connectivity index (χ3n) is 4.98. The lowest BCUT2D eigenvalue weighted by Gasteiger charge is -2.37. The van der Waals surface area contributed by atoms with Crippen LogP contribution in [-0.2, 0) is 10.0 Å². The summed E-state index contributed by atoms with van der Waals surface area (Å²) in [5.41, 5.74) is 1.17. The number of benzene rings is 1. The van der Waals surface area contributed by atoms with Gasteiger partial charge in [-0.1, -0.05) is 6.07 Å². The topological polar surface area (TPSA) is 77.5 Å². The minimum Gasteiger partial charge on any atom is -0.497 e. The molecule has 158 valence electrons. The molecule has 1 saturated heterocycles. The maximum atomic E-state index is 11.8. The normalized spacial score (nSPS) is 15.8. The van der Waals surface area contributed by atoms with Crippen molar-refractivity contribution in [1.82, 2.24) is 14.5 Å². The van der Waals surface area contributed by atoms with Crippen LogP contribution in [0.15, 0.2) is 29.3 Å². The third kappa shape index (κ3) is 6.00. The van der Waals surface area contributed by atoms with Gasteiger partial charge in [-0.25, -0.2) is 12.7 Å². The van der Waals surface area contributed by atoms with Gasteiger partial charge in [-0.15, -0.1) is 0 Å². The lowest BCUT2D eigenvalue weighted by Crippen LogP contribution is -2.52. The summed E-state index contributed by atoms with van der Waals surface area (Å²) in [4.78, 5) is 8.96. The van der Waals surface area contributed by atoms with Crippen molar-refractivity contribution in [3.8, 4) is 5.75 Å². The molecule has 0 saturated carbocycles. The number of ether oxygens (including phenoxy) is 1. The first-order valence-electron chi connectivity index (χ1n) is 9.70. The van der Waals surface area contributed by atoms with Crippen LogP contribution >= 0.6 is 0 Å². The van der Waals surface area contributed by atoms with Crippen molar-refractivity contribution >= 4 is 21.7 Å². The Kier molecular flexibility index (Phi) is 8.37. The average Bonchev–Trinajstić information content (AvgIpc) is 2.73. The predicted molar refractivity (Wildman–Crippen MR) is 115 cm³/mol. The van der Waals surface area contributed by atoms with Crippen LogP contribution in [0, 0.1) is 0 Å². The Morgan fingerprint density at radius 1 is 1.29 bits per heavy atom. The number of nitrogens with one attached hydrogen (secondary N) is 1. The molecule has 1 aliphatic heterocycles. The van der Waals surface area contributed by atoms with E-state index in [1.807, 2.05) is 12.1 Å². The van der Waals surface area contributed by atoms with Crippen molar-refractivity contribution in [2.75, 3.05) is 71.1 Å². The molecule has 1 aliphatic rings. The molecule has 0 amide bonds. The molecular weight excluding hydrogens is 378 g/mol. The van der Waals surface area contributed by atoms with Gasteiger partial charge < -0.3 is 19.9 Å². The van der Waals surface area contributed by atoms with Crippen LogP contribution in [0.4, 0.5) is 5.69 Å². The van der Waals surface area contributed by atoms with E-state index in [-0.39, 0.29) is 5.75 Å². The van der Waals surface area contributed by atoms with E-state index >= 15 is 0 Å². The molecular formula is C19H33N5O3S. The van der Waals surface area contributed by atoms with E-state index in [1.54, 1.807) is 28.1 Å². The van der Waals surface area contributed by atoms with Crippen molar-refractivity contribution in [3.63, 3.8) is 0 Å². The van der Waals surface area contributed by atoms with Gasteiger partial charge in [0, 0.05) is 65.1 Å². The first-order valence-corrected chi connectivity index (χ1v) is 11.3. The number of anilines is 1. The average molecular weight is 412 g/mol. The van der Waals surface area contributed by atoms with E-state index in [1.165, 1.54) is 9.99 Å². The number of guanidine groups is 1. The summed E-state index contributed by atoms with van der Waals surface area (Å²) >= 11 is 0. The maximum Gasteiger partial charge on any atom is 0.213 e. The van der Waals surface area contributed by atoms with E-state index < -0.39 is 10.0 Å². The van der Waals surface area contributed by atoms with Gasteiger partial charge in [0.05, 0.1) is 12.9 Å². The second-order valence-electron chi connectivity index (χ2n) is 6.73. The number of hydrogen-bond acceptors (Lipinski definition) is 5. The Labute approximate surface area is 169 Å². The van der Waals surface area contributed by atoms with Crippen LogP contribution in [0.2, 0.25) is 0 Å². The van der Waals surface area contributed by atoms with Gasteiger partial charge in [-0.3, -0.25) is 4.99 Å². The fraction of sp³-hybridized carbons (Fsp3) is 0.632. The molecule has 1 fully saturated rings. The lowest BCUT2D eigenvalue weighted by molar-refractivity contribution is 0.370. The van der Waals surface area contributed by atoms with E-state index in [0.717, 1.165) is 44.3 Å². The summed E-state index contributed by atoms with van der Waals surface area (Å²) in [7, 11) is 1.98. The highest BCUT2D eigenvalue weighted by Crippen LogP contribution is 2.22. The molecule has 0 unspecified atom stereocenters. The van der Waals surface area contributed by atoms with Crippen molar-refractivity contribution in [1.29, 1.82) is 0 Å². The summed E-state index contributed by atoms with van der Waals surface area (Å²) in [6.07, 6.45) is 0.735. The van der Waals surface area contributed by atoms with Gasteiger partial charge in [-0.05, 0) is 25.5 Å². The largest absolute Gasteiger partial charge is 0.497 e. The second-order valence-corrected chi connectivity index (χ2v) is 9.09. The maximum absolute atomic E-state index is 11.8. The van der Waals surface area contributed by atoms with Crippen molar-refractivity contribution in [2.24, 2.45) is 4.99 Å². The Hall–Kier alpha value is -2.00. The minimum atomic E-state index is -3.11. The highest BCUT2D eigenvalue weighted by molar-refractivity contribution is 7.89. The molecule has 0 spiro atoms. The summed E-state index contributed by atoms with van der Waals surface area (Å²) < 4.78 is 30.3. The Morgan fingerprint density at radius 3 is 2.61 bits per heavy atom. The van der Waals surface area contributed by atoms with Gasteiger partial charge in [0.25, 0.3) is 0 Å². The zero-order valence-electron chi connectivity index (χ0n) is 17.4. The number of methoxy groups -OCH3 is 1. The standard InChI is InChI=1S/C19H33N5O3S/c1-5-28(25,26)22(3)11-7-10-21-19(20-2)24-14-12-23(13-15-24)17-8-6-9-18(16-17)27-4/h6,8-9,16H,5,7,10-15H2,1-4H3,(H,20,21). The Morgan fingerprint density at radius 2 is 2.00 bits per heavy atom. The smallest absolute Gasteiger partial charge is 0.213 e. The molecule has 0 radical (unpaired) electrons. The predicted octanol–water partition coefficient (Wildman–Crippen LogP) is 1.06. The van der Waals surface area contributed by atoms with E-state index in [2.05, 4.69) is 32.2 Å². The molecule has 0 aromatic heterocycles. The van der Waals surface area contributed by atoms with E-state index in [4.69, 9.17) is 4.74 Å². The SMILES string of the molecule is CCS(=O)(=O)N(C)CCCNC(=NC)N1CCN(c2cccc(OC)c2)CC1. The number of aliphatic imine (C=N–C) groups is 1. The molecule has 1 N–H and O–H groups in total. The molecule has 0 bridgehead atoms. The molecule has 2 rings (SSSR count). The van der Waals surface area contributed by atoms with Gasteiger partial charge in [0.15, 0.2) is 5.96 Å². The van der Waals surface area contributed by atoms with Crippen molar-refractivity contribution in [3.05, 3.63) is 24.3 Å². The van der Waals surface area contributed by atoms with Crippen molar-refractivity contribution < 1.29 is 13.2 Å². The van der Waals surface area contributed by atoms with Gasteiger partial charge in [0.1, 0.15) is 5.75 Å². The minimum absolute atomic E-state index is 0.135. The summed E-state index contributed by atoms with van der Waals surface area (Å²) in [5, 5.41) is 3.35. The third-order valence-corrected chi connectivity index (χ3v) is 6.84. The number of nitrogens with zero attached hydrogens (tertiary/aromatic N) is 4. The first-order chi connectivity index (χ1) is 13.4. The fourth-order valence-electron chi connectivity index (χ4n) is 3.18. The quantitative estimate of drug-likeness (QED) is 0.392. The summed E-state index contributed by atoms with van der Waals surface area (Å²) in [6.45, 7) is 6.42. The van der Waals surface area contributed by atoms with Crippen LogP contribution in [0.25, 0.3) is 0 Å². The number of hydrogen-bond donors (Lipinski definition) is 1.